The molecule has 0 saturated heterocycles. The fourth-order valence-corrected chi connectivity index (χ4v) is 4.03. The number of carbonyl (C=O) groups is 3. The van der Waals surface area contributed by atoms with Gasteiger partial charge in [0.15, 0.2) is 0 Å². The summed E-state index contributed by atoms with van der Waals surface area (Å²) in [6.07, 6.45) is 2.57. The third kappa shape index (κ3) is 10.2. The highest BCUT2D eigenvalue weighted by Crippen LogP contribution is 2.28. The van der Waals surface area contributed by atoms with E-state index in [2.05, 4.69) is 43.7 Å². The normalized spacial score (nSPS) is 14.1. The first-order chi connectivity index (χ1) is 16.7. The fourth-order valence-electron chi connectivity index (χ4n) is 3.79. The Labute approximate surface area is 222 Å². The van der Waals surface area contributed by atoms with E-state index >= 15 is 0 Å². The smallest absolute Gasteiger partial charge is 0.408 e. The standard InChI is InChI=1S/C28H45N3O4S/c1-10-21-12-11-13-22(16-21)24(25(32)29-19(4)5)31(20(6)15-14-18(2)3)26(33)23(17-36)30-27(34)35-28(7,8)9/h10-13,16,18-20,23-24,36H,1,14-15,17H2,2-9H3,(H,29,32)(H,30,34). The van der Waals surface area contributed by atoms with Gasteiger partial charge in [0.2, 0.25) is 11.8 Å². The van der Waals surface area contributed by atoms with Crippen LogP contribution in [-0.4, -0.2) is 52.3 Å². The number of hydrogen-bond donors (Lipinski definition) is 3. The van der Waals surface area contributed by atoms with Crippen molar-refractivity contribution in [2.24, 2.45) is 5.92 Å². The molecule has 0 aliphatic rings. The molecule has 3 amide bonds. The molecule has 3 unspecified atom stereocenters. The Kier molecular flexibility index (Phi) is 12.5. The third-order valence-electron chi connectivity index (χ3n) is 5.48. The van der Waals surface area contributed by atoms with Crippen molar-refractivity contribution in [3.8, 4) is 0 Å². The first-order valence-electron chi connectivity index (χ1n) is 12.7. The topological polar surface area (TPSA) is 87.7 Å². The van der Waals surface area contributed by atoms with Crippen LogP contribution in [0.25, 0.3) is 6.08 Å². The molecule has 0 aliphatic carbocycles. The Bertz CT molecular complexity index is 895. The monoisotopic (exact) mass is 519 g/mol. The summed E-state index contributed by atoms with van der Waals surface area (Å²) in [5, 5.41) is 5.63. The Morgan fingerprint density at radius 1 is 1.08 bits per heavy atom. The zero-order valence-electron chi connectivity index (χ0n) is 23.1. The summed E-state index contributed by atoms with van der Waals surface area (Å²) in [4.78, 5) is 41.7. The number of amides is 3. The van der Waals surface area contributed by atoms with Gasteiger partial charge in [0.1, 0.15) is 17.7 Å². The van der Waals surface area contributed by atoms with Gasteiger partial charge in [-0.1, -0.05) is 44.7 Å². The predicted octanol–water partition coefficient (Wildman–Crippen LogP) is 5.37. The van der Waals surface area contributed by atoms with E-state index in [1.165, 1.54) is 0 Å². The Hall–Kier alpha value is -2.48. The number of carbonyl (C=O) groups excluding carboxylic acids is 3. The average Bonchev–Trinajstić information content (AvgIpc) is 2.77. The molecular weight excluding hydrogens is 474 g/mol. The highest BCUT2D eigenvalue weighted by atomic mass is 32.1. The van der Waals surface area contributed by atoms with Crippen molar-refractivity contribution in [1.29, 1.82) is 0 Å². The largest absolute Gasteiger partial charge is 0.444 e. The Morgan fingerprint density at radius 2 is 1.72 bits per heavy atom. The van der Waals surface area contributed by atoms with Gasteiger partial charge in [0.05, 0.1) is 0 Å². The first-order valence-corrected chi connectivity index (χ1v) is 13.3. The van der Waals surface area contributed by atoms with Crippen molar-refractivity contribution in [3.63, 3.8) is 0 Å². The third-order valence-corrected chi connectivity index (χ3v) is 5.85. The van der Waals surface area contributed by atoms with E-state index in [0.717, 1.165) is 12.0 Å². The van der Waals surface area contributed by atoms with E-state index in [-0.39, 0.29) is 29.7 Å². The van der Waals surface area contributed by atoms with Crippen LogP contribution in [-0.2, 0) is 14.3 Å². The lowest BCUT2D eigenvalue weighted by Crippen LogP contribution is -2.56. The van der Waals surface area contributed by atoms with Gasteiger partial charge in [0.25, 0.3) is 0 Å². The van der Waals surface area contributed by atoms with Crippen molar-refractivity contribution < 1.29 is 19.1 Å². The maximum absolute atomic E-state index is 14.0. The second kappa shape index (κ2) is 14.3. The lowest BCUT2D eigenvalue weighted by Gasteiger charge is -2.39. The molecule has 2 N–H and O–H groups in total. The second-order valence-electron chi connectivity index (χ2n) is 10.9. The van der Waals surface area contributed by atoms with Crippen molar-refractivity contribution in [1.82, 2.24) is 15.5 Å². The van der Waals surface area contributed by atoms with E-state index in [9.17, 15) is 14.4 Å². The Morgan fingerprint density at radius 3 is 2.22 bits per heavy atom. The zero-order valence-corrected chi connectivity index (χ0v) is 24.0. The number of alkyl carbamates (subject to hydrolysis) is 1. The molecule has 1 aromatic carbocycles. The maximum atomic E-state index is 14.0. The summed E-state index contributed by atoms with van der Waals surface area (Å²) in [5.41, 5.74) is 0.795. The van der Waals surface area contributed by atoms with Gasteiger partial charge < -0.3 is 20.3 Å². The molecule has 0 saturated carbocycles. The quantitative estimate of drug-likeness (QED) is 0.324. The van der Waals surface area contributed by atoms with Crippen molar-refractivity contribution in [2.75, 3.05) is 5.75 Å². The van der Waals surface area contributed by atoms with Gasteiger partial charge in [-0.3, -0.25) is 9.59 Å². The number of nitrogens with zero attached hydrogens (tertiary/aromatic N) is 1. The van der Waals surface area contributed by atoms with Crippen molar-refractivity contribution in [3.05, 3.63) is 42.0 Å². The zero-order chi connectivity index (χ0) is 27.6. The molecule has 202 valence electrons. The SMILES string of the molecule is C=Cc1cccc(C(C(=O)NC(C)C)N(C(=O)C(CS)NC(=O)OC(C)(C)C)C(C)CCC(C)C)c1. The summed E-state index contributed by atoms with van der Waals surface area (Å²) in [6, 6.07) is 5.17. The summed E-state index contributed by atoms with van der Waals surface area (Å²) in [6.45, 7) is 19.0. The molecule has 0 aliphatic heterocycles. The van der Waals surface area contributed by atoms with Gasteiger partial charge in [-0.25, -0.2) is 4.79 Å². The van der Waals surface area contributed by atoms with E-state index < -0.39 is 23.8 Å². The second-order valence-corrected chi connectivity index (χ2v) is 11.3. The molecule has 3 atom stereocenters. The molecule has 8 heteroatoms. The van der Waals surface area contributed by atoms with Crippen LogP contribution in [0.2, 0.25) is 0 Å². The Balaban J connectivity index is 3.56. The predicted molar refractivity (Wildman–Crippen MR) is 150 cm³/mol. The highest BCUT2D eigenvalue weighted by molar-refractivity contribution is 7.80. The fraction of sp³-hybridized carbons (Fsp3) is 0.607. The molecule has 0 heterocycles. The minimum atomic E-state index is -0.971. The van der Waals surface area contributed by atoms with Crippen LogP contribution in [0.3, 0.4) is 0 Å². The maximum Gasteiger partial charge on any atom is 0.408 e. The number of thiol groups is 1. The van der Waals surface area contributed by atoms with E-state index in [0.29, 0.717) is 17.9 Å². The average molecular weight is 520 g/mol. The van der Waals surface area contributed by atoms with Crippen LogP contribution in [0.15, 0.2) is 30.8 Å². The number of benzene rings is 1. The molecular formula is C28H45N3O4S. The number of hydrogen-bond acceptors (Lipinski definition) is 5. The molecule has 7 nitrogen and oxygen atoms in total. The van der Waals surface area contributed by atoms with Crippen LogP contribution in [0, 0.1) is 5.92 Å². The van der Waals surface area contributed by atoms with Gasteiger partial charge in [-0.05, 0) is 77.5 Å². The lowest BCUT2D eigenvalue weighted by molar-refractivity contribution is -0.145. The number of rotatable bonds is 12. The minimum absolute atomic E-state index is 0.0523. The van der Waals surface area contributed by atoms with Crippen LogP contribution < -0.4 is 10.6 Å². The van der Waals surface area contributed by atoms with Crippen LogP contribution in [0.1, 0.15) is 85.4 Å². The lowest BCUT2D eigenvalue weighted by atomic mass is 9.96. The van der Waals surface area contributed by atoms with Crippen LogP contribution in [0.4, 0.5) is 4.79 Å². The van der Waals surface area contributed by atoms with E-state index in [1.807, 2.05) is 45.0 Å². The number of ether oxygens (including phenoxy) is 1. The molecule has 0 fully saturated rings. The molecule has 0 spiro atoms. The van der Waals surface area contributed by atoms with Gasteiger partial charge in [-0.2, -0.15) is 12.6 Å². The summed E-state index contributed by atoms with van der Waals surface area (Å²) in [7, 11) is 0. The van der Waals surface area contributed by atoms with Crippen molar-refractivity contribution >= 4 is 36.6 Å². The van der Waals surface area contributed by atoms with Crippen LogP contribution >= 0.6 is 12.6 Å². The summed E-state index contributed by atoms with van der Waals surface area (Å²) in [5.74, 6) is -0.195. The molecule has 0 bridgehead atoms. The molecule has 1 rings (SSSR count). The first kappa shape index (κ1) is 31.5. The molecule has 1 aromatic rings. The van der Waals surface area contributed by atoms with E-state index in [1.54, 1.807) is 31.7 Å². The molecule has 0 radical (unpaired) electrons. The minimum Gasteiger partial charge on any atom is -0.444 e. The summed E-state index contributed by atoms with van der Waals surface area (Å²) >= 11 is 4.35. The molecule has 0 aromatic heterocycles. The van der Waals surface area contributed by atoms with Gasteiger partial charge >= 0.3 is 6.09 Å². The summed E-state index contributed by atoms with van der Waals surface area (Å²) < 4.78 is 5.37. The number of nitrogens with one attached hydrogen (secondary N) is 2. The van der Waals surface area contributed by atoms with E-state index in [4.69, 9.17) is 4.74 Å². The van der Waals surface area contributed by atoms with Gasteiger partial charge in [-0.15, -0.1) is 0 Å². The van der Waals surface area contributed by atoms with Crippen LogP contribution in [0.5, 0.6) is 0 Å². The van der Waals surface area contributed by atoms with Crippen molar-refractivity contribution in [2.45, 2.75) is 98.0 Å². The van der Waals surface area contributed by atoms with Gasteiger partial charge in [0, 0.05) is 17.8 Å². The molecule has 36 heavy (non-hydrogen) atoms. The highest BCUT2D eigenvalue weighted by Gasteiger charge is 2.38.